The Hall–Kier alpha value is -0.800. The van der Waals surface area contributed by atoms with Crippen molar-refractivity contribution in [2.75, 3.05) is 13.1 Å². The molecular weight excluding hydrogens is 152 g/mol. The highest BCUT2D eigenvalue weighted by Gasteiger charge is 1.93. The summed E-state index contributed by atoms with van der Waals surface area (Å²) in [4.78, 5) is 0. The van der Waals surface area contributed by atoms with E-state index in [0.717, 1.165) is 13.1 Å². The molecule has 0 aliphatic carbocycles. The molecule has 3 heteroatoms. The predicted octanol–water partition coefficient (Wildman–Crippen LogP) is 0.458. The summed E-state index contributed by atoms with van der Waals surface area (Å²) in [6, 6.07) is 4.02. The molecular formula is C9H16N2O. The first-order valence-corrected chi connectivity index (χ1v) is 4.28. The van der Waals surface area contributed by atoms with Crippen LogP contribution in [0.25, 0.3) is 0 Å². The van der Waals surface area contributed by atoms with Gasteiger partial charge in [0.25, 0.3) is 0 Å². The van der Waals surface area contributed by atoms with Gasteiger partial charge in [0.1, 0.15) is 0 Å². The molecule has 68 valence electrons. The van der Waals surface area contributed by atoms with E-state index in [9.17, 15) is 0 Å². The van der Waals surface area contributed by atoms with Gasteiger partial charge < -0.3 is 15.0 Å². The zero-order chi connectivity index (χ0) is 8.81. The van der Waals surface area contributed by atoms with E-state index >= 15 is 0 Å². The topological polar surface area (TPSA) is 37.2 Å². The summed E-state index contributed by atoms with van der Waals surface area (Å²) in [7, 11) is 0. The lowest BCUT2D eigenvalue weighted by Crippen LogP contribution is -2.27. The zero-order valence-electron chi connectivity index (χ0n) is 7.40. The van der Waals surface area contributed by atoms with E-state index in [4.69, 9.17) is 5.11 Å². The fraction of sp³-hybridized carbons (Fsp3) is 0.556. The fourth-order valence-electron chi connectivity index (χ4n) is 1.04. The summed E-state index contributed by atoms with van der Waals surface area (Å²) in [5, 5.41) is 12.1. The van der Waals surface area contributed by atoms with E-state index in [0.29, 0.717) is 6.54 Å². The molecule has 1 atom stereocenters. The van der Waals surface area contributed by atoms with E-state index in [1.807, 2.05) is 24.5 Å². The third-order valence-electron chi connectivity index (χ3n) is 1.65. The first-order chi connectivity index (χ1) is 5.79. The van der Waals surface area contributed by atoms with Crippen molar-refractivity contribution in [1.29, 1.82) is 0 Å². The standard InChI is InChI=1S/C9H16N2O/c1-9(12)8-10-4-7-11-5-2-3-6-11/h2-3,5-6,9-10,12H,4,7-8H2,1H3. The number of rotatable bonds is 5. The smallest absolute Gasteiger partial charge is 0.0636 e. The van der Waals surface area contributed by atoms with Crippen LogP contribution in [0.3, 0.4) is 0 Å². The van der Waals surface area contributed by atoms with Gasteiger partial charge in [0.05, 0.1) is 6.10 Å². The van der Waals surface area contributed by atoms with Gasteiger partial charge in [-0.15, -0.1) is 0 Å². The highest BCUT2D eigenvalue weighted by molar-refractivity contribution is 4.90. The Balaban J connectivity index is 2.04. The third kappa shape index (κ3) is 3.55. The Morgan fingerprint density at radius 1 is 1.42 bits per heavy atom. The second-order valence-corrected chi connectivity index (χ2v) is 2.97. The molecule has 1 rings (SSSR count). The van der Waals surface area contributed by atoms with Crippen LogP contribution in [0.1, 0.15) is 6.92 Å². The Bertz CT molecular complexity index is 194. The fourth-order valence-corrected chi connectivity index (χ4v) is 1.04. The molecule has 0 aliphatic rings. The van der Waals surface area contributed by atoms with Gasteiger partial charge in [-0.05, 0) is 19.1 Å². The van der Waals surface area contributed by atoms with Crippen LogP contribution >= 0.6 is 0 Å². The molecule has 0 spiro atoms. The van der Waals surface area contributed by atoms with Crippen LogP contribution in [-0.2, 0) is 6.54 Å². The van der Waals surface area contributed by atoms with E-state index in [1.165, 1.54) is 0 Å². The minimum atomic E-state index is -0.255. The van der Waals surface area contributed by atoms with Gasteiger partial charge in [0.15, 0.2) is 0 Å². The molecule has 0 saturated carbocycles. The second-order valence-electron chi connectivity index (χ2n) is 2.97. The maximum Gasteiger partial charge on any atom is 0.0636 e. The number of aromatic nitrogens is 1. The van der Waals surface area contributed by atoms with Gasteiger partial charge in [0, 0.05) is 32.0 Å². The summed E-state index contributed by atoms with van der Waals surface area (Å²) in [5.74, 6) is 0. The minimum absolute atomic E-state index is 0.255. The summed E-state index contributed by atoms with van der Waals surface area (Å²) >= 11 is 0. The van der Waals surface area contributed by atoms with Crippen LogP contribution in [0.15, 0.2) is 24.5 Å². The van der Waals surface area contributed by atoms with Gasteiger partial charge >= 0.3 is 0 Å². The van der Waals surface area contributed by atoms with Crippen molar-refractivity contribution < 1.29 is 5.11 Å². The molecule has 1 heterocycles. The minimum Gasteiger partial charge on any atom is -0.392 e. The molecule has 12 heavy (non-hydrogen) atoms. The lowest BCUT2D eigenvalue weighted by molar-refractivity contribution is 0.191. The van der Waals surface area contributed by atoms with Crippen molar-refractivity contribution in [3.05, 3.63) is 24.5 Å². The van der Waals surface area contributed by atoms with Crippen molar-refractivity contribution >= 4 is 0 Å². The van der Waals surface area contributed by atoms with Crippen LogP contribution in [0.4, 0.5) is 0 Å². The second kappa shape index (κ2) is 4.95. The Kier molecular flexibility index (Phi) is 3.84. The molecule has 0 radical (unpaired) electrons. The molecule has 0 aliphatic heterocycles. The van der Waals surface area contributed by atoms with Gasteiger partial charge in [-0.3, -0.25) is 0 Å². The van der Waals surface area contributed by atoms with Gasteiger partial charge in [-0.1, -0.05) is 0 Å². The number of nitrogens with zero attached hydrogens (tertiary/aromatic N) is 1. The molecule has 0 bridgehead atoms. The summed E-state index contributed by atoms with van der Waals surface area (Å²) in [6.07, 6.45) is 3.81. The van der Waals surface area contributed by atoms with Crippen molar-refractivity contribution in [2.45, 2.75) is 19.6 Å². The maximum atomic E-state index is 8.94. The first-order valence-electron chi connectivity index (χ1n) is 4.28. The lowest BCUT2D eigenvalue weighted by atomic mass is 10.4. The monoisotopic (exact) mass is 168 g/mol. The molecule has 1 unspecified atom stereocenters. The summed E-state index contributed by atoms with van der Waals surface area (Å²) in [5.41, 5.74) is 0. The van der Waals surface area contributed by atoms with Crippen molar-refractivity contribution in [2.24, 2.45) is 0 Å². The molecule has 1 aromatic rings. The third-order valence-corrected chi connectivity index (χ3v) is 1.65. The largest absolute Gasteiger partial charge is 0.392 e. The van der Waals surface area contributed by atoms with Crippen molar-refractivity contribution in [1.82, 2.24) is 9.88 Å². The number of aliphatic hydroxyl groups excluding tert-OH is 1. The van der Waals surface area contributed by atoms with Crippen LogP contribution < -0.4 is 5.32 Å². The number of hydrogen-bond acceptors (Lipinski definition) is 2. The number of nitrogens with one attached hydrogen (secondary N) is 1. The number of hydrogen-bond donors (Lipinski definition) is 2. The van der Waals surface area contributed by atoms with Crippen molar-refractivity contribution in [3.63, 3.8) is 0 Å². The van der Waals surface area contributed by atoms with E-state index in [2.05, 4.69) is 9.88 Å². The van der Waals surface area contributed by atoms with Crippen LogP contribution in [0.2, 0.25) is 0 Å². The summed E-state index contributed by atoms with van der Waals surface area (Å²) < 4.78 is 2.11. The normalized spacial score (nSPS) is 13.2. The molecule has 2 N–H and O–H groups in total. The Labute approximate surface area is 73.0 Å². The maximum absolute atomic E-state index is 8.94. The average molecular weight is 168 g/mol. The SMILES string of the molecule is CC(O)CNCCn1cccc1. The molecule has 0 fully saturated rings. The highest BCUT2D eigenvalue weighted by atomic mass is 16.3. The first kappa shape index (κ1) is 9.29. The molecule has 1 aromatic heterocycles. The molecule has 0 aromatic carbocycles. The molecule has 0 amide bonds. The average Bonchev–Trinajstić information content (AvgIpc) is 2.49. The quantitative estimate of drug-likeness (QED) is 0.627. The van der Waals surface area contributed by atoms with Gasteiger partial charge in [0.2, 0.25) is 0 Å². The number of aliphatic hydroxyl groups is 1. The highest BCUT2D eigenvalue weighted by Crippen LogP contribution is 1.87. The Morgan fingerprint density at radius 2 is 2.08 bits per heavy atom. The van der Waals surface area contributed by atoms with Crippen LogP contribution in [0.5, 0.6) is 0 Å². The summed E-state index contributed by atoms with van der Waals surface area (Å²) in [6.45, 7) is 4.31. The van der Waals surface area contributed by atoms with Gasteiger partial charge in [-0.25, -0.2) is 0 Å². The van der Waals surface area contributed by atoms with Gasteiger partial charge in [-0.2, -0.15) is 0 Å². The lowest BCUT2D eigenvalue weighted by Gasteiger charge is -2.06. The van der Waals surface area contributed by atoms with Crippen LogP contribution in [0, 0.1) is 0 Å². The Morgan fingerprint density at radius 3 is 2.67 bits per heavy atom. The van der Waals surface area contributed by atoms with E-state index in [-0.39, 0.29) is 6.10 Å². The van der Waals surface area contributed by atoms with E-state index < -0.39 is 0 Å². The van der Waals surface area contributed by atoms with Crippen LogP contribution in [-0.4, -0.2) is 28.9 Å². The zero-order valence-corrected chi connectivity index (χ0v) is 7.40. The van der Waals surface area contributed by atoms with E-state index in [1.54, 1.807) is 6.92 Å². The van der Waals surface area contributed by atoms with Crippen molar-refractivity contribution in [3.8, 4) is 0 Å². The molecule has 0 saturated heterocycles. The molecule has 3 nitrogen and oxygen atoms in total. The predicted molar refractivity (Wildman–Crippen MR) is 49.0 cm³/mol.